The predicted molar refractivity (Wildman–Crippen MR) is 149 cm³/mol. The van der Waals surface area contributed by atoms with Gasteiger partial charge in [-0.2, -0.15) is 13.2 Å². The van der Waals surface area contributed by atoms with Gasteiger partial charge in [0.25, 0.3) is 5.79 Å². The molecular weight excluding hydrogens is 594 g/mol. The Hall–Kier alpha value is -3.61. The maximum Gasteiger partial charge on any atom is 0.411 e. The fraction of sp³-hybridized carbons (Fsp3) is 0.400. The van der Waals surface area contributed by atoms with Gasteiger partial charge in [0.05, 0.1) is 30.6 Å². The van der Waals surface area contributed by atoms with Crippen LogP contribution >= 0.6 is 11.6 Å². The van der Waals surface area contributed by atoms with Gasteiger partial charge < -0.3 is 23.9 Å². The molecule has 0 amide bonds. The van der Waals surface area contributed by atoms with E-state index < -0.39 is 30.4 Å². The number of hydrogen-bond acceptors (Lipinski definition) is 6. The number of para-hydroxylation sites is 1. The highest BCUT2D eigenvalue weighted by Gasteiger charge is 2.43. The summed E-state index contributed by atoms with van der Waals surface area (Å²) in [6, 6.07) is 10.0. The number of benzene rings is 2. The number of carboxylic acids is 1. The van der Waals surface area contributed by atoms with E-state index in [4.69, 9.17) is 30.9 Å². The molecule has 0 spiro atoms. The van der Waals surface area contributed by atoms with E-state index in [0.717, 1.165) is 24.5 Å². The number of alkyl halides is 3. The number of nitrogens with zero attached hydrogens (tertiary/aromatic N) is 3. The zero-order chi connectivity index (χ0) is 30.8. The Bertz CT molecular complexity index is 1500. The fourth-order valence-corrected chi connectivity index (χ4v) is 5.64. The van der Waals surface area contributed by atoms with Crippen LogP contribution in [0.5, 0.6) is 11.5 Å². The minimum absolute atomic E-state index is 0.0850. The minimum atomic E-state index is -4.44. The molecule has 5 rings (SSSR count). The molecule has 2 aromatic carbocycles. The number of carbonyl (C=O) groups is 1. The summed E-state index contributed by atoms with van der Waals surface area (Å²) in [6.07, 6.45) is 0.942. The maximum atomic E-state index is 14.8. The van der Waals surface area contributed by atoms with Gasteiger partial charge in [0, 0.05) is 30.1 Å². The molecule has 0 aliphatic carbocycles. The van der Waals surface area contributed by atoms with E-state index in [1.54, 1.807) is 29.7 Å². The number of halogens is 5. The van der Waals surface area contributed by atoms with E-state index >= 15 is 0 Å². The normalized spacial score (nSPS) is 19.4. The van der Waals surface area contributed by atoms with Crippen molar-refractivity contribution in [2.75, 3.05) is 26.3 Å². The van der Waals surface area contributed by atoms with E-state index in [1.165, 1.54) is 18.3 Å². The Labute approximate surface area is 250 Å². The zero-order valence-electron chi connectivity index (χ0n) is 23.2. The van der Waals surface area contributed by atoms with Crippen molar-refractivity contribution < 1.29 is 41.7 Å². The summed E-state index contributed by atoms with van der Waals surface area (Å²) >= 11 is 5.93. The van der Waals surface area contributed by atoms with Crippen molar-refractivity contribution in [2.24, 2.45) is 0 Å². The topological polar surface area (TPSA) is 86.1 Å². The second-order valence-electron chi connectivity index (χ2n) is 10.6. The van der Waals surface area contributed by atoms with E-state index in [2.05, 4.69) is 9.88 Å². The molecule has 1 saturated heterocycles. The van der Waals surface area contributed by atoms with Crippen LogP contribution in [0.25, 0.3) is 6.08 Å². The predicted octanol–water partition coefficient (Wildman–Crippen LogP) is 6.38. The third-order valence-corrected chi connectivity index (χ3v) is 7.75. The first-order valence-electron chi connectivity index (χ1n) is 13.7. The molecule has 0 unspecified atom stereocenters. The lowest BCUT2D eigenvalue weighted by molar-refractivity contribution is -0.174. The third-order valence-electron chi connectivity index (χ3n) is 7.51. The van der Waals surface area contributed by atoms with Crippen molar-refractivity contribution >= 4 is 23.6 Å². The van der Waals surface area contributed by atoms with Crippen LogP contribution in [0, 0.1) is 5.82 Å². The Kier molecular flexibility index (Phi) is 9.00. The highest BCUT2D eigenvalue weighted by atomic mass is 35.5. The summed E-state index contributed by atoms with van der Waals surface area (Å²) < 4.78 is 71.1. The van der Waals surface area contributed by atoms with Crippen molar-refractivity contribution in [1.82, 2.24) is 14.5 Å². The van der Waals surface area contributed by atoms with Gasteiger partial charge in [0.15, 0.2) is 11.5 Å². The number of aromatic nitrogens is 2. The van der Waals surface area contributed by atoms with Crippen LogP contribution in [0.15, 0.2) is 48.7 Å². The Morgan fingerprint density at radius 3 is 2.70 bits per heavy atom. The molecule has 1 fully saturated rings. The van der Waals surface area contributed by atoms with Crippen molar-refractivity contribution in [3.8, 4) is 11.5 Å². The monoisotopic (exact) mass is 623 g/mol. The summed E-state index contributed by atoms with van der Waals surface area (Å²) in [5, 5.41) is 9.29. The molecule has 0 saturated carbocycles. The van der Waals surface area contributed by atoms with Gasteiger partial charge in [0.2, 0.25) is 0 Å². The van der Waals surface area contributed by atoms with E-state index in [0.29, 0.717) is 42.7 Å². The second-order valence-corrected chi connectivity index (χ2v) is 11.0. The zero-order valence-corrected chi connectivity index (χ0v) is 24.0. The van der Waals surface area contributed by atoms with Crippen LogP contribution in [0.1, 0.15) is 48.3 Å². The number of imidazole rings is 1. The lowest BCUT2D eigenvalue weighted by Crippen LogP contribution is -2.34. The summed E-state index contributed by atoms with van der Waals surface area (Å²) in [6.45, 7) is 2.01. The number of piperidine rings is 1. The summed E-state index contributed by atoms with van der Waals surface area (Å²) in [4.78, 5) is 17.6. The summed E-state index contributed by atoms with van der Waals surface area (Å²) in [5.41, 5.74) is 1.67. The molecule has 2 aliphatic rings. The Morgan fingerprint density at radius 2 is 2.00 bits per heavy atom. The van der Waals surface area contributed by atoms with E-state index in [9.17, 15) is 22.4 Å². The number of aliphatic carboxylic acids is 1. The van der Waals surface area contributed by atoms with Crippen LogP contribution < -0.4 is 9.47 Å². The third kappa shape index (κ3) is 7.31. The molecule has 3 heterocycles. The largest absolute Gasteiger partial charge is 0.478 e. The molecule has 230 valence electrons. The quantitative estimate of drug-likeness (QED) is 0.159. The molecule has 3 aromatic rings. The first kappa shape index (κ1) is 30.8. The van der Waals surface area contributed by atoms with Gasteiger partial charge in [0.1, 0.15) is 18.2 Å². The molecule has 0 bridgehead atoms. The number of ether oxygens (including phenoxy) is 3. The maximum absolute atomic E-state index is 14.8. The van der Waals surface area contributed by atoms with Crippen LogP contribution in [-0.4, -0.2) is 58.0 Å². The number of rotatable bonds is 10. The second kappa shape index (κ2) is 12.6. The van der Waals surface area contributed by atoms with Crippen LogP contribution in [0.3, 0.4) is 0 Å². The average molecular weight is 624 g/mol. The molecule has 13 heteroatoms. The molecule has 2 aliphatic heterocycles. The summed E-state index contributed by atoms with van der Waals surface area (Å²) in [7, 11) is 0. The smallest absolute Gasteiger partial charge is 0.411 e. The number of hydrogen-bond donors (Lipinski definition) is 1. The van der Waals surface area contributed by atoms with Gasteiger partial charge >= 0.3 is 12.1 Å². The van der Waals surface area contributed by atoms with Gasteiger partial charge in [-0.1, -0.05) is 23.7 Å². The first-order chi connectivity index (χ1) is 20.4. The first-order valence-corrected chi connectivity index (χ1v) is 14.1. The van der Waals surface area contributed by atoms with Crippen molar-refractivity contribution in [2.45, 2.75) is 50.7 Å². The Balaban J connectivity index is 1.25. The van der Waals surface area contributed by atoms with Gasteiger partial charge in [-0.15, -0.1) is 0 Å². The van der Waals surface area contributed by atoms with E-state index in [-0.39, 0.29) is 29.7 Å². The molecule has 1 atom stereocenters. The van der Waals surface area contributed by atoms with Crippen LogP contribution in [0.2, 0.25) is 5.02 Å². The lowest BCUT2D eigenvalue weighted by Gasteiger charge is -2.32. The van der Waals surface area contributed by atoms with Crippen molar-refractivity contribution in [3.63, 3.8) is 0 Å². The number of likely N-dealkylation sites (tertiary alicyclic amines) is 1. The lowest BCUT2D eigenvalue weighted by atomic mass is 9.88. The van der Waals surface area contributed by atoms with Gasteiger partial charge in [-0.25, -0.2) is 14.2 Å². The highest BCUT2D eigenvalue weighted by molar-refractivity contribution is 6.30. The van der Waals surface area contributed by atoms with Crippen LogP contribution in [0.4, 0.5) is 17.6 Å². The summed E-state index contributed by atoms with van der Waals surface area (Å²) in [5.74, 6) is -1.15. The van der Waals surface area contributed by atoms with Crippen molar-refractivity contribution in [3.05, 3.63) is 82.2 Å². The minimum Gasteiger partial charge on any atom is -0.478 e. The molecular formula is C30H30ClF4N3O5. The van der Waals surface area contributed by atoms with Gasteiger partial charge in [-0.05, 0) is 62.2 Å². The van der Waals surface area contributed by atoms with E-state index in [1.807, 2.05) is 12.1 Å². The molecule has 1 N–H and O–H groups in total. The Morgan fingerprint density at radius 1 is 1.23 bits per heavy atom. The SMILES string of the molecule is C[C@]1(c2ccc(Cl)cc2F)Oc2cccc(C3CCN(Cc4ncc(/C=C/C(=O)O)n4CCOCC(F)(F)F)CC3)c2O1. The molecule has 43 heavy (non-hydrogen) atoms. The molecule has 8 nitrogen and oxygen atoms in total. The van der Waals surface area contributed by atoms with Gasteiger partial charge in [-0.3, -0.25) is 4.90 Å². The van der Waals surface area contributed by atoms with Crippen LogP contribution in [-0.2, 0) is 28.4 Å². The average Bonchev–Trinajstić information content (AvgIpc) is 3.49. The molecule has 0 radical (unpaired) electrons. The number of carboxylic acid groups (broad SMARTS) is 1. The molecule has 1 aromatic heterocycles. The highest BCUT2D eigenvalue weighted by Crippen LogP contribution is 2.49. The van der Waals surface area contributed by atoms with Crippen molar-refractivity contribution in [1.29, 1.82) is 0 Å². The standard InChI is InChI=1S/C30H30ClF4N3O5/c1-29(23-7-5-20(31)15-24(23)32)42-25-4-2-3-22(28(25)43-29)19-9-11-37(12-10-19)17-26-36-16-21(6-8-27(39)40)38(26)13-14-41-18-30(33,34)35/h2-8,15-16,19H,9-14,17-18H2,1H3,(H,39,40)/b8-6+/t29-/m0/s1. The number of fused-ring (bicyclic) bond motifs is 1. The fourth-order valence-electron chi connectivity index (χ4n) is 5.49.